The number of nitrogens with zero attached hydrogens (tertiary/aromatic N) is 3. The van der Waals surface area contributed by atoms with Crippen molar-refractivity contribution in [2.45, 2.75) is 39.7 Å². The maximum atomic E-state index is 6.25. The molecule has 1 atom stereocenters. The highest BCUT2D eigenvalue weighted by molar-refractivity contribution is 6.01. The lowest BCUT2D eigenvalue weighted by atomic mass is 9.85. The number of pyridine rings is 1. The molecule has 0 spiro atoms. The first kappa shape index (κ1) is 20.4. The molecule has 0 amide bonds. The van der Waals surface area contributed by atoms with Gasteiger partial charge in [0, 0.05) is 18.2 Å². The van der Waals surface area contributed by atoms with Crippen LogP contribution in [0.25, 0.3) is 22.2 Å². The minimum absolute atomic E-state index is 0.175. The molecule has 3 N–H and O–H groups in total. The van der Waals surface area contributed by atoms with E-state index < -0.39 is 0 Å². The van der Waals surface area contributed by atoms with Gasteiger partial charge in [0.2, 0.25) is 0 Å². The van der Waals surface area contributed by atoms with Crippen molar-refractivity contribution in [3.63, 3.8) is 0 Å². The van der Waals surface area contributed by atoms with E-state index in [4.69, 9.17) is 15.5 Å². The van der Waals surface area contributed by atoms with Crippen LogP contribution in [0.3, 0.4) is 0 Å². The third-order valence-electron chi connectivity index (χ3n) is 6.23. The molecule has 0 saturated carbocycles. The molecule has 4 aromatic rings. The van der Waals surface area contributed by atoms with Crippen molar-refractivity contribution >= 4 is 22.7 Å². The number of nitrogen functional groups attached to an aromatic ring is 1. The highest BCUT2D eigenvalue weighted by Gasteiger charge is 2.35. The fourth-order valence-corrected chi connectivity index (χ4v) is 4.68. The molecule has 1 unspecified atom stereocenters. The molecule has 0 bridgehead atoms. The van der Waals surface area contributed by atoms with Gasteiger partial charge < -0.3 is 15.4 Å². The summed E-state index contributed by atoms with van der Waals surface area (Å²) in [5.74, 6) is 3.10. The molecule has 6 nitrogen and oxygen atoms in total. The van der Waals surface area contributed by atoms with Crippen molar-refractivity contribution in [2.75, 3.05) is 17.2 Å². The fourth-order valence-electron chi connectivity index (χ4n) is 4.68. The van der Waals surface area contributed by atoms with E-state index in [1.807, 2.05) is 42.5 Å². The first-order chi connectivity index (χ1) is 15.4. The van der Waals surface area contributed by atoms with Gasteiger partial charge in [-0.2, -0.15) is 5.10 Å². The van der Waals surface area contributed by atoms with Gasteiger partial charge >= 0.3 is 0 Å². The number of rotatable bonds is 4. The summed E-state index contributed by atoms with van der Waals surface area (Å²) in [4.78, 5) is 7.31. The number of aromatic amines is 1. The van der Waals surface area contributed by atoms with Crippen LogP contribution in [-0.4, -0.2) is 27.8 Å². The number of ether oxygens (including phenoxy) is 1. The lowest BCUT2D eigenvalue weighted by Crippen LogP contribution is -2.39. The van der Waals surface area contributed by atoms with E-state index in [1.165, 1.54) is 12.8 Å². The van der Waals surface area contributed by atoms with Crippen LogP contribution >= 0.6 is 0 Å². The van der Waals surface area contributed by atoms with Crippen LogP contribution < -0.4 is 15.4 Å². The molecule has 6 heteroatoms. The molecule has 0 radical (unpaired) electrons. The summed E-state index contributed by atoms with van der Waals surface area (Å²) in [6.07, 6.45) is 2.35. The normalized spacial score (nSPS) is 16.6. The molecule has 5 rings (SSSR count). The van der Waals surface area contributed by atoms with Gasteiger partial charge in [-0.15, -0.1) is 0 Å². The summed E-state index contributed by atoms with van der Waals surface area (Å²) < 4.78 is 5.96. The van der Waals surface area contributed by atoms with Gasteiger partial charge in [0.15, 0.2) is 5.65 Å². The van der Waals surface area contributed by atoms with E-state index in [2.05, 4.69) is 54.1 Å². The van der Waals surface area contributed by atoms with Gasteiger partial charge in [0.25, 0.3) is 0 Å². The van der Waals surface area contributed by atoms with Crippen LogP contribution in [0.4, 0.5) is 11.6 Å². The highest BCUT2D eigenvalue weighted by Crippen LogP contribution is 2.39. The summed E-state index contributed by atoms with van der Waals surface area (Å²) >= 11 is 0. The Hall–Kier alpha value is -3.54. The minimum Gasteiger partial charge on any atom is -0.457 e. The lowest BCUT2D eigenvalue weighted by Gasteiger charge is -2.36. The number of nitrogens with one attached hydrogen (secondary N) is 1. The predicted molar refractivity (Wildman–Crippen MR) is 130 cm³/mol. The second-order valence-electron chi connectivity index (χ2n) is 9.52. The SMILES string of the molecule is CC(C)(C)C1CCCN1c1cc(-c2ccc(Oc3ccccc3)cc2)c2c(N)[nH]nc2n1. The Balaban J connectivity index is 1.54. The average molecular weight is 428 g/mol. The zero-order valence-electron chi connectivity index (χ0n) is 18.8. The van der Waals surface area contributed by atoms with Gasteiger partial charge in [-0.3, -0.25) is 5.10 Å². The van der Waals surface area contributed by atoms with Crippen molar-refractivity contribution in [1.29, 1.82) is 0 Å². The largest absolute Gasteiger partial charge is 0.457 e. The van der Waals surface area contributed by atoms with Crippen molar-refractivity contribution in [2.24, 2.45) is 5.41 Å². The van der Waals surface area contributed by atoms with Crippen molar-refractivity contribution in [3.05, 3.63) is 60.7 Å². The highest BCUT2D eigenvalue weighted by atomic mass is 16.5. The molecule has 1 fully saturated rings. The zero-order chi connectivity index (χ0) is 22.3. The van der Waals surface area contributed by atoms with Crippen LogP contribution in [0.5, 0.6) is 11.5 Å². The van der Waals surface area contributed by atoms with E-state index in [-0.39, 0.29) is 5.41 Å². The van der Waals surface area contributed by atoms with E-state index in [0.29, 0.717) is 17.5 Å². The van der Waals surface area contributed by atoms with Gasteiger partial charge in [0.1, 0.15) is 23.1 Å². The first-order valence-electron chi connectivity index (χ1n) is 11.1. The molecule has 164 valence electrons. The summed E-state index contributed by atoms with van der Waals surface area (Å²) in [7, 11) is 0. The summed E-state index contributed by atoms with van der Waals surface area (Å²) in [5, 5.41) is 8.16. The fraction of sp³-hybridized carbons (Fsp3) is 0.308. The van der Waals surface area contributed by atoms with Crippen LogP contribution in [0, 0.1) is 5.41 Å². The number of H-pyrrole nitrogens is 1. The van der Waals surface area contributed by atoms with Crippen LogP contribution in [0.2, 0.25) is 0 Å². The maximum absolute atomic E-state index is 6.25. The number of fused-ring (bicyclic) bond motifs is 1. The minimum atomic E-state index is 0.175. The van der Waals surface area contributed by atoms with Crippen LogP contribution in [0.15, 0.2) is 60.7 Å². The van der Waals surface area contributed by atoms with E-state index in [9.17, 15) is 0 Å². The molecule has 1 aliphatic heterocycles. The smallest absolute Gasteiger partial charge is 0.185 e. The molecule has 32 heavy (non-hydrogen) atoms. The third-order valence-corrected chi connectivity index (χ3v) is 6.23. The zero-order valence-corrected chi connectivity index (χ0v) is 18.8. The number of hydrogen-bond donors (Lipinski definition) is 2. The second-order valence-corrected chi connectivity index (χ2v) is 9.52. The van der Waals surface area contributed by atoms with E-state index in [1.54, 1.807) is 0 Å². The first-order valence-corrected chi connectivity index (χ1v) is 11.1. The molecular weight excluding hydrogens is 398 g/mol. The molecule has 1 aliphatic rings. The van der Waals surface area contributed by atoms with Gasteiger partial charge in [-0.25, -0.2) is 4.98 Å². The summed E-state index contributed by atoms with van der Waals surface area (Å²) in [6, 6.07) is 20.5. The molecule has 3 heterocycles. The Morgan fingerprint density at radius 1 is 1.03 bits per heavy atom. The topological polar surface area (TPSA) is 80.1 Å². The Morgan fingerprint density at radius 2 is 1.75 bits per heavy atom. The van der Waals surface area contributed by atoms with Gasteiger partial charge in [-0.1, -0.05) is 51.1 Å². The van der Waals surface area contributed by atoms with Crippen LogP contribution in [0.1, 0.15) is 33.6 Å². The second kappa shape index (κ2) is 7.86. The predicted octanol–water partition coefficient (Wildman–Crippen LogP) is 6.01. The average Bonchev–Trinajstić information content (AvgIpc) is 3.42. The quantitative estimate of drug-likeness (QED) is 0.417. The van der Waals surface area contributed by atoms with Crippen molar-refractivity contribution in [1.82, 2.24) is 15.2 Å². The number of anilines is 2. The molecule has 1 saturated heterocycles. The Kier molecular flexibility index (Phi) is 5.00. The number of para-hydroxylation sites is 1. The lowest BCUT2D eigenvalue weighted by molar-refractivity contribution is 0.320. The van der Waals surface area contributed by atoms with E-state index >= 15 is 0 Å². The Morgan fingerprint density at radius 3 is 2.47 bits per heavy atom. The molecule has 2 aromatic heterocycles. The number of benzene rings is 2. The van der Waals surface area contributed by atoms with Crippen LogP contribution in [-0.2, 0) is 0 Å². The number of hydrogen-bond acceptors (Lipinski definition) is 5. The monoisotopic (exact) mass is 427 g/mol. The number of nitrogens with two attached hydrogens (primary N) is 1. The number of aromatic nitrogens is 3. The maximum Gasteiger partial charge on any atom is 0.185 e. The van der Waals surface area contributed by atoms with Gasteiger partial charge in [-0.05, 0) is 54.2 Å². The summed E-state index contributed by atoms with van der Waals surface area (Å²) in [6.45, 7) is 7.90. The Labute approximate surface area is 188 Å². The molecular formula is C26H29N5O. The molecule has 2 aromatic carbocycles. The van der Waals surface area contributed by atoms with E-state index in [0.717, 1.165) is 40.4 Å². The van der Waals surface area contributed by atoms with Crippen molar-refractivity contribution in [3.8, 4) is 22.6 Å². The molecule has 0 aliphatic carbocycles. The van der Waals surface area contributed by atoms with Crippen molar-refractivity contribution < 1.29 is 4.74 Å². The summed E-state index contributed by atoms with van der Waals surface area (Å²) in [5.41, 5.74) is 9.16. The van der Waals surface area contributed by atoms with Gasteiger partial charge in [0.05, 0.1) is 5.39 Å². The Bertz CT molecular complexity index is 1230. The standard InChI is InChI=1S/C26H29N5O/c1-26(2,3)21-10-7-15-31(21)22-16-20(23-24(27)29-30-25(23)28-22)17-11-13-19(14-12-17)32-18-8-5-4-6-9-18/h4-6,8-9,11-14,16,21H,7,10,15H2,1-3H3,(H3,27,28,29,30). The third kappa shape index (κ3) is 3.77.